The summed E-state index contributed by atoms with van der Waals surface area (Å²) in [5.74, 6) is -0.709. The fourth-order valence-corrected chi connectivity index (χ4v) is 3.60. The summed E-state index contributed by atoms with van der Waals surface area (Å²) in [5.41, 5.74) is 0.748. The molecule has 0 N–H and O–H groups in total. The van der Waals surface area contributed by atoms with E-state index in [-0.39, 0.29) is 47.7 Å². The summed E-state index contributed by atoms with van der Waals surface area (Å²) in [5, 5.41) is 4.16. The minimum atomic E-state index is -3.22. The van der Waals surface area contributed by atoms with Gasteiger partial charge in [-0.05, 0) is 24.6 Å². The lowest BCUT2D eigenvalue weighted by atomic mass is 10.0. The summed E-state index contributed by atoms with van der Waals surface area (Å²) in [6.07, 6.45) is 1.15. The monoisotopic (exact) mass is 439 g/mol. The molecule has 2 aromatic rings. The zero-order valence-corrected chi connectivity index (χ0v) is 16.6. The van der Waals surface area contributed by atoms with Crippen LogP contribution in [0.15, 0.2) is 41.0 Å². The summed E-state index contributed by atoms with van der Waals surface area (Å²) < 4.78 is 50.0. The largest absolute Gasteiger partial charge is 0.353 e. The van der Waals surface area contributed by atoms with Gasteiger partial charge in [0.1, 0.15) is 5.82 Å². The Labute approximate surface area is 174 Å². The van der Waals surface area contributed by atoms with E-state index in [1.165, 1.54) is 23.1 Å². The van der Waals surface area contributed by atoms with Crippen LogP contribution in [-0.2, 0) is 9.53 Å². The summed E-state index contributed by atoms with van der Waals surface area (Å²) >= 11 is 5.77. The number of hydrogen-bond donors (Lipinski definition) is 0. The number of amides is 1. The standard InChI is InChI=1S/C20H17ClF3N3O3/c1-20(23,24)29-14-5-2-11(3-6-14)18-25-19(30-26-18)12-8-17(28)27(10-12)16-7-4-13(21)9-15(16)22/h2-5,7,9,12,14H,6,8,10H2,1H3. The lowest BCUT2D eigenvalue weighted by molar-refractivity contribution is -0.239. The maximum Gasteiger partial charge on any atom is 0.353 e. The molecule has 1 aliphatic heterocycles. The van der Waals surface area contributed by atoms with Crippen LogP contribution in [-0.4, -0.2) is 34.8 Å². The van der Waals surface area contributed by atoms with Crippen molar-refractivity contribution in [3.8, 4) is 0 Å². The highest BCUT2D eigenvalue weighted by molar-refractivity contribution is 6.30. The van der Waals surface area contributed by atoms with Crippen molar-refractivity contribution >= 4 is 28.8 Å². The summed E-state index contributed by atoms with van der Waals surface area (Å²) in [6, 6.07) is 4.11. The number of aromatic nitrogens is 2. The van der Waals surface area contributed by atoms with Crippen LogP contribution >= 0.6 is 11.6 Å². The Morgan fingerprint density at radius 1 is 1.37 bits per heavy atom. The van der Waals surface area contributed by atoms with Gasteiger partial charge in [-0.2, -0.15) is 13.8 Å². The van der Waals surface area contributed by atoms with Gasteiger partial charge in [0.2, 0.25) is 17.6 Å². The maximum atomic E-state index is 14.2. The molecular formula is C20H17ClF3N3O3. The Morgan fingerprint density at radius 3 is 2.83 bits per heavy atom. The molecule has 1 aliphatic carbocycles. The zero-order valence-electron chi connectivity index (χ0n) is 15.8. The molecule has 1 aromatic heterocycles. The van der Waals surface area contributed by atoms with E-state index in [2.05, 4.69) is 14.9 Å². The van der Waals surface area contributed by atoms with Gasteiger partial charge in [-0.25, -0.2) is 4.39 Å². The van der Waals surface area contributed by atoms with Gasteiger partial charge in [-0.3, -0.25) is 4.79 Å². The van der Waals surface area contributed by atoms with Crippen molar-refractivity contribution in [2.24, 2.45) is 0 Å². The van der Waals surface area contributed by atoms with Crippen molar-refractivity contribution in [3.63, 3.8) is 0 Å². The SMILES string of the molecule is CC(F)(F)OC1C=CC(c2noc(C3CC(=O)N(c4ccc(Cl)cc4F)C3)n2)=CC1. The molecule has 1 aromatic carbocycles. The molecule has 4 rings (SSSR count). The van der Waals surface area contributed by atoms with E-state index in [4.69, 9.17) is 16.1 Å². The van der Waals surface area contributed by atoms with Gasteiger partial charge in [-0.1, -0.05) is 35.0 Å². The van der Waals surface area contributed by atoms with Gasteiger partial charge in [0, 0.05) is 30.5 Å². The van der Waals surface area contributed by atoms with Crippen molar-refractivity contribution in [1.82, 2.24) is 10.1 Å². The van der Waals surface area contributed by atoms with Crippen molar-refractivity contribution in [1.29, 1.82) is 0 Å². The van der Waals surface area contributed by atoms with E-state index in [0.717, 1.165) is 6.07 Å². The zero-order chi connectivity index (χ0) is 21.5. The third kappa shape index (κ3) is 4.41. The molecule has 6 nitrogen and oxygen atoms in total. The number of halogens is 4. The molecule has 0 bridgehead atoms. The predicted octanol–water partition coefficient (Wildman–Crippen LogP) is 4.72. The Kier molecular flexibility index (Phi) is 5.42. The van der Waals surface area contributed by atoms with Crippen LogP contribution in [0.4, 0.5) is 18.9 Å². The molecule has 30 heavy (non-hydrogen) atoms. The number of ether oxygens (including phenoxy) is 1. The van der Waals surface area contributed by atoms with E-state index < -0.39 is 23.9 Å². The molecule has 1 saturated heterocycles. The fraction of sp³-hybridized carbons (Fsp3) is 0.350. The first-order chi connectivity index (χ1) is 14.2. The number of alkyl halides is 2. The van der Waals surface area contributed by atoms with E-state index in [0.29, 0.717) is 12.5 Å². The molecule has 0 radical (unpaired) electrons. The van der Waals surface area contributed by atoms with Crippen molar-refractivity contribution in [2.75, 3.05) is 11.4 Å². The third-order valence-electron chi connectivity index (χ3n) is 4.79. The molecule has 2 unspecified atom stereocenters. The highest BCUT2D eigenvalue weighted by atomic mass is 35.5. The van der Waals surface area contributed by atoms with Gasteiger partial charge >= 0.3 is 6.11 Å². The first-order valence-corrected chi connectivity index (χ1v) is 9.61. The first-order valence-electron chi connectivity index (χ1n) is 9.23. The quantitative estimate of drug-likeness (QED) is 0.674. The number of allylic oxidation sites excluding steroid dienone is 2. The smallest absolute Gasteiger partial charge is 0.339 e. The fourth-order valence-electron chi connectivity index (χ4n) is 3.44. The number of rotatable bonds is 5. The van der Waals surface area contributed by atoms with Crippen LogP contribution in [0.2, 0.25) is 5.02 Å². The number of nitrogens with zero attached hydrogens (tertiary/aromatic N) is 3. The number of carbonyl (C=O) groups excluding carboxylic acids is 1. The number of benzene rings is 1. The van der Waals surface area contributed by atoms with Crippen LogP contribution in [0.5, 0.6) is 0 Å². The van der Waals surface area contributed by atoms with Crippen molar-refractivity contribution in [2.45, 2.75) is 37.9 Å². The molecular weight excluding hydrogens is 423 g/mol. The lowest BCUT2D eigenvalue weighted by Gasteiger charge is -2.20. The second-order valence-corrected chi connectivity index (χ2v) is 7.61. The predicted molar refractivity (Wildman–Crippen MR) is 103 cm³/mol. The van der Waals surface area contributed by atoms with Gasteiger partial charge in [-0.15, -0.1) is 0 Å². The molecule has 0 spiro atoms. The summed E-state index contributed by atoms with van der Waals surface area (Å²) in [7, 11) is 0. The molecule has 1 fully saturated rings. The minimum absolute atomic E-state index is 0.0973. The average molecular weight is 440 g/mol. The number of hydrogen-bond acceptors (Lipinski definition) is 5. The Morgan fingerprint density at radius 2 is 2.17 bits per heavy atom. The normalized spacial score (nSPS) is 22.0. The van der Waals surface area contributed by atoms with Crippen molar-refractivity contribution < 1.29 is 27.2 Å². The van der Waals surface area contributed by atoms with Crippen LogP contribution in [0.25, 0.3) is 5.57 Å². The number of carbonyl (C=O) groups is 1. The van der Waals surface area contributed by atoms with Gasteiger partial charge in [0.15, 0.2) is 0 Å². The van der Waals surface area contributed by atoms with Crippen LogP contribution in [0, 0.1) is 5.82 Å². The highest BCUT2D eigenvalue weighted by Gasteiger charge is 2.36. The summed E-state index contributed by atoms with van der Waals surface area (Å²) in [4.78, 5) is 18.1. The van der Waals surface area contributed by atoms with Crippen LogP contribution < -0.4 is 4.90 Å². The van der Waals surface area contributed by atoms with Gasteiger partial charge in [0.25, 0.3) is 0 Å². The summed E-state index contributed by atoms with van der Waals surface area (Å²) in [6.45, 7) is 0.878. The Hall–Kier alpha value is -2.65. The molecule has 2 aliphatic rings. The van der Waals surface area contributed by atoms with Gasteiger partial charge < -0.3 is 14.2 Å². The molecule has 10 heteroatoms. The second kappa shape index (κ2) is 7.88. The van der Waals surface area contributed by atoms with Gasteiger partial charge in [0.05, 0.1) is 17.7 Å². The van der Waals surface area contributed by atoms with E-state index >= 15 is 0 Å². The molecule has 158 valence electrons. The van der Waals surface area contributed by atoms with Crippen molar-refractivity contribution in [3.05, 3.63) is 59.0 Å². The first kappa shape index (κ1) is 20.6. The molecule has 1 amide bonds. The van der Waals surface area contributed by atoms with E-state index in [1.54, 1.807) is 12.2 Å². The third-order valence-corrected chi connectivity index (χ3v) is 5.03. The van der Waals surface area contributed by atoms with E-state index in [1.807, 2.05) is 0 Å². The highest BCUT2D eigenvalue weighted by Crippen LogP contribution is 2.34. The minimum Gasteiger partial charge on any atom is -0.339 e. The molecule has 0 saturated carbocycles. The molecule has 2 atom stereocenters. The lowest BCUT2D eigenvalue weighted by Crippen LogP contribution is -2.25. The Bertz CT molecular complexity index is 1030. The van der Waals surface area contributed by atoms with E-state index in [9.17, 15) is 18.0 Å². The maximum absolute atomic E-state index is 14.2. The topological polar surface area (TPSA) is 68.5 Å². The van der Waals surface area contributed by atoms with Crippen LogP contribution in [0.3, 0.4) is 0 Å². The second-order valence-electron chi connectivity index (χ2n) is 7.18. The number of anilines is 1. The average Bonchev–Trinajstić information content (AvgIpc) is 3.28. The molecule has 2 heterocycles. The Balaban J connectivity index is 1.45. The van der Waals surface area contributed by atoms with Crippen LogP contribution in [0.1, 0.15) is 37.4 Å².